The summed E-state index contributed by atoms with van der Waals surface area (Å²) in [5, 5.41) is 2.21. The largest absolute Gasteiger partial charge is 0.493 e. The quantitative estimate of drug-likeness (QED) is 0.253. The Kier molecular flexibility index (Phi) is 8.57. The summed E-state index contributed by atoms with van der Waals surface area (Å²) in [5.74, 6) is -0.143. The zero-order valence-corrected chi connectivity index (χ0v) is 23.9. The Labute approximate surface area is 241 Å². The first-order valence-corrected chi connectivity index (χ1v) is 13.4. The van der Waals surface area contributed by atoms with Gasteiger partial charge in [0.1, 0.15) is 11.2 Å². The van der Waals surface area contributed by atoms with E-state index in [0.29, 0.717) is 35.2 Å². The first-order chi connectivity index (χ1) is 19.1. The molecule has 6 nitrogen and oxygen atoms in total. The maximum Gasteiger partial charge on any atom is 0.401 e. The van der Waals surface area contributed by atoms with Crippen molar-refractivity contribution in [2.75, 3.05) is 20.3 Å². The summed E-state index contributed by atoms with van der Waals surface area (Å²) in [7, 11) is 1.42. The van der Waals surface area contributed by atoms with Gasteiger partial charge in [-0.15, -0.1) is 0 Å². The van der Waals surface area contributed by atoms with Crippen LogP contribution in [0, 0.1) is 11.7 Å². The van der Waals surface area contributed by atoms with E-state index in [0.717, 1.165) is 25.8 Å². The number of aromatic nitrogens is 1. The Balaban J connectivity index is 1.66. The fraction of sp³-hybridized carbons (Fsp3) is 0.400. The Hall–Kier alpha value is -3.37. The van der Waals surface area contributed by atoms with Crippen molar-refractivity contribution in [2.45, 2.75) is 50.7 Å². The number of rotatable bonds is 10. The third kappa shape index (κ3) is 6.93. The van der Waals surface area contributed by atoms with Crippen LogP contribution in [0.25, 0.3) is 11.3 Å². The highest BCUT2D eigenvalue weighted by Crippen LogP contribution is 2.42. The van der Waals surface area contributed by atoms with Crippen molar-refractivity contribution in [3.05, 3.63) is 76.2 Å². The molecule has 1 heterocycles. The number of methoxy groups -OCH3 is 1. The van der Waals surface area contributed by atoms with Crippen molar-refractivity contribution in [2.24, 2.45) is 11.7 Å². The number of ether oxygens (including phenoxy) is 2. The second kappa shape index (κ2) is 11.5. The fourth-order valence-electron chi connectivity index (χ4n) is 4.10. The van der Waals surface area contributed by atoms with Crippen molar-refractivity contribution >= 4 is 17.5 Å². The molecule has 0 spiro atoms. The van der Waals surface area contributed by atoms with Gasteiger partial charge in [-0.2, -0.15) is 13.2 Å². The molecular weight excluding hydrogens is 562 g/mol. The molecule has 0 aliphatic heterocycles. The molecule has 11 heteroatoms. The lowest BCUT2D eigenvalue weighted by Gasteiger charge is -2.33. The number of nitrogens with two attached hydrogens (primary N) is 1. The van der Waals surface area contributed by atoms with Gasteiger partial charge in [0.25, 0.3) is 5.91 Å². The molecule has 1 fully saturated rings. The van der Waals surface area contributed by atoms with E-state index in [2.05, 4.69) is 10.3 Å². The van der Waals surface area contributed by atoms with Crippen LogP contribution >= 0.6 is 11.6 Å². The first kappa shape index (κ1) is 30.6. The number of alkyl halides is 3. The van der Waals surface area contributed by atoms with Crippen LogP contribution in [-0.2, 0) is 11.0 Å². The lowest BCUT2D eigenvalue weighted by molar-refractivity contribution is -0.184. The number of amides is 1. The lowest BCUT2D eigenvalue weighted by Crippen LogP contribution is -2.49. The highest BCUT2D eigenvalue weighted by molar-refractivity contribution is 6.31. The van der Waals surface area contributed by atoms with Gasteiger partial charge in [0.05, 0.1) is 30.1 Å². The highest BCUT2D eigenvalue weighted by Gasteiger charge is 2.54. The minimum Gasteiger partial charge on any atom is -0.493 e. The Morgan fingerprint density at radius 3 is 2.37 bits per heavy atom. The van der Waals surface area contributed by atoms with Gasteiger partial charge in [0.15, 0.2) is 11.5 Å². The Bertz CT molecular complexity index is 1440. The molecule has 4 rings (SSSR count). The molecule has 2 aromatic carbocycles. The first-order valence-electron chi connectivity index (χ1n) is 13.1. The van der Waals surface area contributed by atoms with Crippen LogP contribution < -0.4 is 20.5 Å². The van der Waals surface area contributed by atoms with Crippen LogP contribution in [0.1, 0.15) is 55.2 Å². The van der Waals surface area contributed by atoms with Crippen molar-refractivity contribution in [3.63, 3.8) is 0 Å². The van der Waals surface area contributed by atoms with Gasteiger partial charge in [0.2, 0.25) is 0 Å². The summed E-state index contributed by atoms with van der Waals surface area (Å²) >= 11 is 5.93. The molecule has 1 aromatic heterocycles. The number of carbonyl (C=O) groups is 1. The molecule has 1 unspecified atom stereocenters. The van der Waals surface area contributed by atoms with Crippen LogP contribution in [0.3, 0.4) is 0 Å². The van der Waals surface area contributed by atoms with Gasteiger partial charge in [0, 0.05) is 23.2 Å². The van der Waals surface area contributed by atoms with E-state index in [-0.39, 0.29) is 22.0 Å². The van der Waals surface area contributed by atoms with Crippen LogP contribution in [0.5, 0.6) is 11.5 Å². The van der Waals surface area contributed by atoms with Gasteiger partial charge >= 0.3 is 6.18 Å². The molecule has 1 amide bonds. The van der Waals surface area contributed by atoms with Gasteiger partial charge in [-0.05, 0) is 93.6 Å². The van der Waals surface area contributed by atoms with Crippen molar-refractivity contribution in [1.29, 1.82) is 0 Å². The molecular formula is C30H32ClF4N3O3. The average Bonchev–Trinajstić information content (AvgIpc) is 3.75. The lowest BCUT2D eigenvalue weighted by atomic mass is 9.82. The molecule has 1 atom stereocenters. The summed E-state index contributed by atoms with van der Waals surface area (Å²) in [6.45, 7) is 3.96. The monoisotopic (exact) mass is 593 g/mol. The molecule has 0 radical (unpaired) electrons. The average molecular weight is 594 g/mol. The number of carbonyl (C=O) groups excluding carboxylic acids is 1. The van der Waals surface area contributed by atoms with Crippen molar-refractivity contribution < 1.29 is 31.8 Å². The molecule has 220 valence electrons. The van der Waals surface area contributed by atoms with Crippen LogP contribution in [0.15, 0.2) is 48.5 Å². The number of pyridine rings is 1. The Morgan fingerprint density at radius 1 is 1.07 bits per heavy atom. The summed E-state index contributed by atoms with van der Waals surface area (Å²) in [6, 6.07) is 11.1. The third-order valence-electron chi connectivity index (χ3n) is 7.18. The van der Waals surface area contributed by atoms with Gasteiger partial charge in [-0.3, -0.25) is 9.78 Å². The van der Waals surface area contributed by atoms with Gasteiger partial charge in [-0.25, -0.2) is 4.39 Å². The predicted octanol–water partition coefficient (Wildman–Crippen LogP) is 6.78. The normalized spacial score (nSPS) is 15.3. The van der Waals surface area contributed by atoms with Gasteiger partial charge in [-0.1, -0.05) is 11.6 Å². The Morgan fingerprint density at radius 2 is 1.78 bits per heavy atom. The van der Waals surface area contributed by atoms with Gasteiger partial charge < -0.3 is 20.5 Å². The van der Waals surface area contributed by atoms with Crippen molar-refractivity contribution in [1.82, 2.24) is 10.3 Å². The smallest absolute Gasteiger partial charge is 0.401 e. The second-order valence-electron chi connectivity index (χ2n) is 11.1. The molecule has 1 aliphatic rings. The molecule has 3 N–H and O–H groups in total. The molecule has 0 bridgehead atoms. The molecule has 1 aliphatic carbocycles. The number of benzene rings is 2. The summed E-state index contributed by atoms with van der Waals surface area (Å²) in [6.07, 6.45) is -2.62. The molecule has 1 saturated carbocycles. The summed E-state index contributed by atoms with van der Waals surface area (Å²) in [4.78, 5) is 17.3. The van der Waals surface area contributed by atoms with E-state index in [1.165, 1.54) is 37.4 Å². The third-order valence-corrected chi connectivity index (χ3v) is 7.47. The van der Waals surface area contributed by atoms with E-state index in [4.69, 9.17) is 26.8 Å². The van der Waals surface area contributed by atoms with E-state index < -0.39 is 35.4 Å². The standard InChI is InChI=1S/C30H32ClF4N3O3/c1-28(2,36)20-13-23(18-7-9-22(32)21(31)11-18)38-26(14-20)29(3,30(33,34)35)16-37-27(39)19-8-10-24(25(12-19)40-4)41-15-17-5-6-17/h7-14,17H,5-6,15-16,36H2,1-4H3,(H,37,39). The van der Waals surface area contributed by atoms with E-state index >= 15 is 0 Å². The maximum absolute atomic E-state index is 14.7. The minimum absolute atomic E-state index is 0.108. The highest BCUT2D eigenvalue weighted by atomic mass is 35.5. The maximum atomic E-state index is 14.7. The molecule has 0 saturated heterocycles. The molecule has 3 aromatic rings. The number of halogens is 5. The fourth-order valence-corrected chi connectivity index (χ4v) is 4.28. The number of hydrogen-bond acceptors (Lipinski definition) is 5. The summed E-state index contributed by atoms with van der Waals surface area (Å²) in [5.41, 5.74) is 3.18. The van der Waals surface area contributed by atoms with Crippen LogP contribution in [0.4, 0.5) is 17.6 Å². The van der Waals surface area contributed by atoms with E-state index in [9.17, 15) is 22.4 Å². The summed E-state index contributed by atoms with van der Waals surface area (Å²) < 4.78 is 69.0. The SMILES string of the molecule is COc1cc(C(=O)NCC(C)(c2cc(C(C)(C)N)cc(-c3ccc(F)c(Cl)c3)n2)C(F)(F)F)ccc1OCC1CC1. The van der Waals surface area contributed by atoms with Crippen LogP contribution in [-0.4, -0.2) is 37.3 Å². The van der Waals surface area contributed by atoms with Crippen LogP contribution in [0.2, 0.25) is 5.02 Å². The minimum atomic E-state index is -4.82. The zero-order chi connectivity index (χ0) is 30.2. The number of hydrogen-bond donors (Lipinski definition) is 2. The second-order valence-corrected chi connectivity index (χ2v) is 11.5. The van der Waals surface area contributed by atoms with E-state index in [1.54, 1.807) is 26.0 Å². The van der Waals surface area contributed by atoms with Crippen molar-refractivity contribution in [3.8, 4) is 22.8 Å². The predicted molar refractivity (Wildman–Crippen MR) is 149 cm³/mol. The number of nitrogens with zero attached hydrogens (tertiary/aromatic N) is 1. The number of nitrogens with one attached hydrogen (secondary N) is 1. The zero-order valence-electron chi connectivity index (χ0n) is 23.2. The molecule has 41 heavy (non-hydrogen) atoms. The topological polar surface area (TPSA) is 86.5 Å². The van der Waals surface area contributed by atoms with E-state index in [1.807, 2.05) is 0 Å².